The molecule has 6 heteroatoms. The van der Waals surface area contributed by atoms with Gasteiger partial charge < -0.3 is 4.90 Å². The van der Waals surface area contributed by atoms with Gasteiger partial charge in [0.15, 0.2) is 0 Å². The van der Waals surface area contributed by atoms with Gasteiger partial charge in [-0.1, -0.05) is 13.3 Å². The summed E-state index contributed by atoms with van der Waals surface area (Å²) in [6, 6.07) is 5.28. The summed E-state index contributed by atoms with van der Waals surface area (Å²) in [5, 5.41) is 0. The molecule has 0 radical (unpaired) electrons. The fraction of sp³-hybridized carbons (Fsp3) is 0.611. The van der Waals surface area contributed by atoms with E-state index in [0.29, 0.717) is 30.3 Å². The molecule has 0 aliphatic carbocycles. The molecule has 1 amide bonds. The highest BCUT2D eigenvalue weighted by Gasteiger charge is 2.33. The Kier molecular flexibility index (Phi) is 4.71. The fourth-order valence-corrected chi connectivity index (χ4v) is 5.58. The minimum atomic E-state index is -3.45. The lowest BCUT2D eigenvalue weighted by Gasteiger charge is -2.31. The van der Waals surface area contributed by atoms with Gasteiger partial charge in [0, 0.05) is 31.7 Å². The summed E-state index contributed by atoms with van der Waals surface area (Å²) < 4.78 is 27.6. The number of hydrogen-bond acceptors (Lipinski definition) is 3. The van der Waals surface area contributed by atoms with Crippen molar-refractivity contribution in [3.63, 3.8) is 0 Å². The van der Waals surface area contributed by atoms with Gasteiger partial charge in [-0.25, -0.2) is 8.42 Å². The van der Waals surface area contributed by atoms with Crippen LogP contribution in [0.1, 0.15) is 45.6 Å². The van der Waals surface area contributed by atoms with Crippen LogP contribution in [-0.2, 0) is 21.2 Å². The molecule has 0 bridgehead atoms. The van der Waals surface area contributed by atoms with Crippen molar-refractivity contribution in [2.45, 2.75) is 57.4 Å². The predicted octanol–water partition coefficient (Wildman–Crippen LogP) is 2.79. The van der Waals surface area contributed by atoms with E-state index < -0.39 is 10.0 Å². The lowest BCUT2D eigenvalue weighted by molar-refractivity contribution is -0.116. The van der Waals surface area contributed by atoms with Crippen LogP contribution in [0.2, 0.25) is 0 Å². The predicted molar refractivity (Wildman–Crippen MR) is 94.5 cm³/mol. The Morgan fingerprint density at radius 1 is 1.33 bits per heavy atom. The average Bonchev–Trinajstić information content (AvgIpc) is 2.89. The molecule has 2 heterocycles. The third-order valence-electron chi connectivity index (χ3n) is 5.30. The number of carbonyl (C=O) groups is 1. The SMILES string of the molecule is CCC1CCCN(S(=O)(=O)c2ccc3c(c2)CC(C)N3C(C)=O)C1. The highest BCUT2D eigenvalue weighted by atomic mass is 32.2. The number of benzene rings is 1. The molecule has 132 valence electrons. The summed E-state index contributed by atoms with van der Waals surface area (Å²) in [6.45, 7) is 6.88. The third kappa shape index (κ3) is 2.97. The van der Waals surface area contributed by atoms with Gasteiger partial charge in [0.05, 0.1) is 4.90 Å². The monoisotopic (exact) mass is 350 g/mol. The molecule has 2 unspecified atom stereocenters. The Morgan fingerprint density at radius 2 is 2.08 bits per heavy atom. The molecule has 5 nitrogen and oxygen atoms in total. The van der Waals surface area contributed by atoms with Gasteiger partial charge in [0.2, 0.25) is 15.9 Å². The van der Waals surface area contributed by atoms with Gasteiger partial charge in [0.25, 0.3) is 0 Å². The molecule has 3 rings (SSSR count). The molecule has 0 spiro atoms. The average molecular weight is 350 g/mol. The molecular weight excluding hydrogens is 324 g/mol. The minimum Gasteiger partial charge on any atom is -0.309 e. The standard InChI is InChI=1S/C18H26N2O3S/c1-4-15-6-5-9-19(12-15)24(22,23)17-7-8-18-16(11-17)10-13(2)20(18)14(3)21/h7-8,11,13,15H,4-6,9-10,12H2,1-3H3. The van der Waals surface area contributed by atoms with E-state index in [-0.39, 0.29) is 11.9 Å². The summed E-state index contributed by atoms with van der Waals surface area (Å²) in [5.74, 6) is 0.454. The van der Waals surface area contributed by atoms with Crippen molar-refractivity contribution in [3.05, 3.63) is 23.8 Å². The number of hydrogen-bond donors (Lipinski definition) is 0. The molecule has 2 aliphatic heterocycles. The Labute approximate surface area is 144 Å². The Balaban J connectivity index is 1.91. The van der Waals surface area contributed by atoms with E-state index in [4.69, 9.17) is 0 Å². The van der Waals surface area contributed by atoms with Crippen LogP contribution in [0.3, 0.4) is 0 Å². The Bertz CT molecular complexity index is 745. The summed E-state index contributed by atoms with van der Waals surface area (Å²) in [7, 11) is -3.45. The van der Waals surface area contributed by atoms with Gasteiger partial charge in [0.1, 0.15) is 0 Å². The molecule has 1 aromatic rings. The second kappa shape index (κ2) is 6.48. The zero-order valence-electron chi connectivity index (χ0n) is 14.7. The van der Waals surface area contributed by atoms with Gasteiger partial charge in [-0.05, 0) is 55.9 Å². The Morgan fingerprint density at radius 3 is 2.75 bits per heavy atom. The van der Waals surface area contributed by atoms with E-state index >= 15 is 0 Å². The Hall–Kier alpha value is -1.40. The molecule has 2 aliphatic rings. The van der Waals surface area contributed by atoms with Crippen LogP contribution in [0.5, 0.6) is 0 Å². The third-order valence-corrected chi connectivity index (χ3v) is 7.16. The van der Waals surface area contributed by atoms with E-state index in [0.717, 1.165) is 30.5 Å². The first-order valence-corrected chi connectivity index (χ1v) is 10.2. The number of fused-ring (bicyclic) bond motifs is 1. The van der Waals surface area contributed by atoms with Crippen molar-refractivity contribution in [1.29, 1.82) is 0 Å². The van der Waals surface area contributed by atoms with Crippen molar-refractivity contribution >= 4 is 21.6 Å². The van der Waals surface area contributed by atoms with Crippen LogP contribution in [0.4, 0.5) is 5.69 Å². The van der Waals surface area contributed by atoms with Gasteiger partial charge in [-0.2, -0.15) is 4.31 Å². The van der Waals surface area contributed by atoms with Crippen LogP contribution in [0, 0.1) is 5.92 Å². The number of amides is 1. The first-order valence-electron chi connectivity index (χ1n) is 8.77. The zero-order valence-corrected chi connectivity index (χ0v) is 15.5. The molecule has 1 saturated heterocycles. The smallest absolute Gasteiger partial charge is 0.243 e. The van der Waals surface area contributed by atoms with Crippen LogP contribution < -0.4 is 4.90 Å². The summed E-state index contributed by atoms with van der Waals surface area (Å²) in [5.41, 5.74) is 1.79. The lowest BCUT2D eigenvalue weighted by Crippen LogP contribution is -2.39. The second-order valence-corrected chi connectivity index (χ2v) is 8.95. The molecule has 2 atom stereocenters. The van der Waals surface area contributed by atoms with Gasteiger partial charge >= 0.3 is 0 Å². The second-order valence-electron chi connectivity index (χ2n) is 7.01. The highest BCUT2D eigenvalue weighted by molar-refractivity contribution is 7.89. The van der Waals surface area contributed by atoms with Crippen LogP contribution in [-0.4, -0.2) is 37.8 Å². The first-order chi connectivity index (χ1) is 11.3. The molecule has 24 heavy (non-hydrogen) atoms. The number of sulfonamides is 1. The number of nitrogens with zero attached hydrogens (tertiary/aromatic N) is 2. The van der Waals surface area contributed by atoms with Crippen molar-refractivity contribution in [2.24, 2.45) is 5.92 Å². The normalized spacial score (nSPS) is 24.9. The molecule has 1 aromatic carbocycles. The highest BCUT2D eigenvalue weighted by Crippen LogP contribution is 2.35. The molecule has 0 N–H and O–H groups in total. The maximum Gasteiger partial charge on any atom is 0.243 e. The van der Waals surface area contributed by atoms with Crippen molar-refractivity contribution < 1.29 is 13.2 Å². The summed E-state index contributed by atoms with van der Waals surface area (Å²) in [4.78, 5) is 13.9. The van der Waals surface area contributed by atoms with Gasteiger partial charge in [-0.3, -0.25) is 4.79 Å². The fourth-order valence-electron chi connectivity index (χ4n) is 3.98. The quantitative estimate of drug-likeness (QED) is 0.842. The first kappa shape index (κ1) is 17.4. The van der Waals surface area contributed by atoms with E-state index in [1.807, 2.05) is 6.92 Å². The van der Waals surface area contributed by atoms with E-state index in [9.17, 15) is 13.2 Å². The summed E-state index contributed by atoms with van der Waals surface area (Å²) in [6.07, 6.45) is 3.76. The molecular formula is C18H26N2O3S. The van der Waals surface area contributed by atoms with Crippen molar-refractivity contribution in [1.82, 2.24) is 4.31 Å². The zero-order chi connectivity index (χ0) is 17.5. The van der Waals surface area contributed by atoms with Crippen LogP contribution in [0.15, 0.2) is 23.1 Å². The van der Waals surface area contributed by atoms with Gasteiger partial charge in [-0.15, -0.1) is 0 Å². The van der Waals surface area contributed by atoms with Crippen molar-refractivity contribution in [3.8, 4) is 0 Å². The summed E-state index contributed by atoms with van der Waals surface area (Å²) >= 11 is 0. The number of rotatable bonds is 3. The number of anilines is 1. The van der Waals surface area contributed by atoms with E-state index in [1.165, 1.54) is 0 Å². The number of carbonyl (C=O) groups excluding carboxylic acids is 1. The number of piperidine rings is 1. The van der Waals surface area contributed by atoms with Crippen LogP contribution >= 0.6 is 0 Å². The molecule has 0 saturated carbocycles. The maximum absolute atomic E-state index is 13.0. The van der Waals surface area contributed by atoms with Crippen LogP contribution in [0.25, 0.3) is 0 Å². The largest absolute Gasteiger partial charge is 0.309 e. The van der Waals surface area contributed by atoms with E-state index in [2.05, 4.69) is 6.92 Å². The molecule has 0 aromatic heterocycles. The lowest BCUT2D eigenvalue weighted by atomic mass is 9.97. The van der Waals surface area contributed by atoms with Crippen molar-refractivity contribution in [2.75, 3.05) is 18.0 Å². The maximum atomic E-state index is 13.0. The molecule has 1 fully saturated rings. The topological polar surface area (TPSA) is 57.7 Å². The minimum absolute atomic E-state index is 0.00123. The van der Waals surface area contributed by atoms with E-state index in [1.54, 1.807) is 34.3 Å².